The van der Waals surface area contributed by atoms with Crippen molar-refractivity contribution in [3.63, 3.8) is 0 Å². The zero-order valence-electron chi connectivity index (χ0n) is 18.5. The molecule has 3 fully saturated rings. The van der Waals surface area contributed by atoms with Crippen LogP contribution < -0.4 is 0 Å². The number of piperidine rings is 3. The fourth-order valence-electron chi connectivity index (χ4n) is 6.30. The molecule has 4 nitrogen and oxygen atoms in total. The van der Waals surface area contributed by atoms with Gasteiger partial charge in [-0.1, -0.05) is 38.1 Å². The predicted octanol–water partition coefficient (Wildman–Crippen LogP) is 4.87. The van der Waals surface area contributed by atoms with Gasteiger partial charge in [0.2, 0.25) is 5.91 Å². The van der Waals surface area contributed by atoms with Crippen molar-refractivity contribution < 1.29 is 4.79 Å². The Bertz CT molecular complexity index is 910. The van der Waals surface area contributed by atoms with Gasteiger partial charge in [-0.15, -0.1) is 0 Å². The van der Waals surface area contributed by atoms with Gasteiger partial charge < -0.3 is 4.90 Å². The Balaban J connectivity index is 1.36. The van der Waals surface area contributed by atoms with Crippen molar-refractivity contribution in [3.8, 4) is 0 Å². The third-order valence-corrected chi connectivity index (χ3v) is 7.65. The summed E-state index contributed by atoms with van der Waals surface area (Å²) in [5.74, 6) is 2.37. The second-order valence-electron chi connectivity index (χ2n) is 10.2. The SMILES string of the molecule is CC(C)CC[C@H]1[C@H]2C[C@H](CN(Cc3ccc4ccccc4n3)C2)[C@@H]2CCCC(=O)N21. The minimum absolute atomic E-state index is 0.430. The molecule has 0 unspecified atom stereocenters. The molecule has 3 saturated heterocycles. The second kappa shape index (κ2) is 8.30. The Morgan fingerprint density at radius 2 is 1.93 bits per heavy atom. The number of amides is 1. The Hall–Kier alpha value is -1.94. The van der Waals surface area contributed by atoms with Crippen molar-refractivity contribution in [1.29, 1.82) is 0 Å². The van der Waals surface area contributed by atoms with Crippen LogP contribution in [0, 0.1) is 17.8 Å². The van der Waals surface area contributed by atoms with Gasteiger partial charge in [0, 0.05) is 43.5 Å². The zero-order chi connectivity index (χ0) is 20.7. The maximum absolute atomic E-state index is 12.9. The first-order valence-corrected chi connectivity index (χ1v) is 12.0. The van der Waals surface area contributed by atoms with Crippen LogP contribution in [0.25, 0.3) is 10.9 Å². The van der Waals surface area contributed by atoms with E-state index in [9.17, 15) is 4.79 Å². The van der Waals surface area contributed by atoms with Crippen LogP contribution in [-0.4, -0.2) is 45.9 Å². The van der Waals surface area contributed by atoms with Gasteiger partial charge in [-0.05, 0) is 62.0 Å². The Kier molecular flexibility index (Phi) is 5.53. The quantitative estimate of drug-likeness (QED) is 0.712. The van der Waals surface area contributed by atoms with E-state index in [0.717, 1.165) is 38.0 Å². The lowest BCUT2D eigenvalue weighted by molar-refractivity contribution is -0.153. The number of nitrogens with zero attached hydrogens (tertiary/aromatic N) is 3. The first-order valence-electron chi connectivity index (χ1n) is 12.0. The average Bonchev–Trinajstić information content (AvgIpc) is 2.74. The van der Waals surface area contributed by atoms with Crippen molar-refractivity contribution in [2.75, 3.05) is 13.1 Å². The monoisotopic (exact) mass is 405 g/mol. The normalized spacial score (nSPS) is 29.4. The van der Waals surface area contributed by atoms with Crippen LogP contribution >= 0.6 is 0 Å². The summed E-state index contributed by atoms with van der Waals surface area (Å²) >= 11 is 0. The van der Waals surface area contributed by atoms with E-state index < -0.39 is 0 Å². The lowest BCUT2D eigenvalue weighted by atomic mass is 9.70. The van der Waals surface area contributed by atoms with Crippen LogP contribution in [0.15, 0.2) is 36.4 Å². The molecule has 1 amide bonds. The van der Waals surface area contributed by atoms with Crippen molar-refractivity contribution in [3.05, 3.63) is 42.1 Å². The highest BCUT2D eigenvalue weighted by molar-refractivity contribution is 5.78. The number of pyridine rings is 1. The Morgan fingerprint density at radius 1 is 1.10 bits per heavy atom. The number of carbonyl (C=O) groups is 1. The molecule has 2 bridgehead atoms. The molecule has 4 heteroatoms. The molecule has 3 aliphatic heterocycles. The molecule has 0 aliphatic carbocycles. The third-order valence-electron chi connectivity index (χ3n) is 7.65. The number of carbonyl (C=O) groups excluding carboxylic acids is 1. The lowest BCUT2D eigenvalue weighted by Crippen LogP contribution is -2.64. The highest BCUT2D eigenvalue weighted by Crippen LogP contribution is 2.43. The molecule has 0 N–H and O–H groups in total. The highest BCUT2D eigenvalue weighted by atomic mass is 16.2. The largest absolute Gasteiger partial charge is 0.336 e. The van der Waals surface area contributed by atoms with E-state index in [2.05, 4.69) is 60.0 Å². The van der Waals surface area contributed by atoms with Crippen LogP contribution in [0.5, 0.6) is 0 Å². The third kappa shape index (κ3) is 3.87. The van der Waals surface area contributed by atoms with Gasteiger partial charge in [-0.25, -0.2) is 0 Å². The number of likely N-dealkylation sites (tertiary alicyclic amines) is 1. The average molecular weight is 406 g/mol. The fraction of sp³-hybridized carbons (Fsp3) is 0.615. The number of benzene rings is 1. The predicted molar refractivity (Wildman–Crippen MR) is 121 cm³/mol. The van der Waals surface area contributed by atoms with Crippen molar-refractivity contribution in [2.24, 2.45) is 17.8 Å². The molecule has 30 heavy (non-hydrogen) atoms. The van der Waals surface area contributed by atoms with E-state index in [-0.39, 0.29) is 0 Å². The van der Waals surface area contributed by atoms with E-state index in [1.165, 1.54) is 36.8 Å². The van der Waals surface area contributed by atoms with Crippen LogP contribution in [0.2, 0.25) is 0 Å². The van der Waals surface area contributed by atoms with Gasteiger partial charge >= 0.3 is 0 Å². The van der Waals surface area contributed by atoms with Gasteiger partial charge in [0.15, 0.2) is 0 Å². The van der Waals surface area contributed by atoms with E-state index >= 15 is 0 Å². The molecule has 4 atom stereocenters. The number of aromatic nitrogens is 1. The van der Waals surface area contributed by atoms with Crippen LogP contribution in [0.3, 0.4) is 0 Å². The summed E-state index contributed by atoms with van der Waals surface area (Å²) in [5.41, 5.74) is 2.26. The summed E-state index contributed by atoms with van der Waals surface area (Å²) in [7, 11) is 0. The van der Waals surface area contributed by atoms with Gasteiger partial charge in [0.25, 0.3) is 0 Å². The summed E-state index contributed by atoms with van der Waals surface area (Å²) in [6, 6.07) is 13.7. The van der Waals surface area contributed by atoms with Crippen LogP contribution in [0.4, 0.5) is 0 Å². The zero-order valence-corrected chi connectivity index (χ0v) is 18.5. The summed E-state index contributed by atoms with van der Waals surface area (Å²) < 4.78 is 0. The summed E-state index contributed by atoms with van der Waals surface area (Å²) in [6.07, 6.45) is 6.72. The minimum atomic E-state index is 0.430. The van der Waals surface area contributed by atoms with Gasteiger partial charge in [-0.2, -0.15) is 0 Å². The molecule has 5 rings (SSSR count). The van der Waals surface area contributed by atoms with E-state index in [1.807, 2.05) is 0 Å². The molecule has 1 aromatic heterocycles. The highest BCUT2D eigenvalue weighted by Gasteiger charge is 2.48. The minimum Gasteiger partial charge on any atom is -0.336 e. The van der Waals surface area contributed by atoms with Gasteiger partial charge in [0.1, 0.15) is 0 Å². The first-order chi connectivity index (χ1) is 14.6. The Labute approximate surface area is 180 Å². The maximum Gasteiger partial charge on any atom is 0.223 e. The molecule has 3 aliphatic rings. The summed E-state index contributed by atoms with van der Waals surface area (Å²) in [5, 5.41) is 1.21. The molecule has 2 aromatic rings. The van der Waals surface area contributed by atoms with E-state index in [4.69, 9.17) is 4.98 Å². The topological polar surface area (TPSA) is 36.4 Å². The van der Waals surface area contributed by atoms with Crippen molar-refractivity contribution in [1.82, 2.24) is 14.8 Å². The second-order valence-corrected chi connectivity index (χ2v) is 10.2. The standard InChI is InChI=1S/C26H35N3O/c1-18(2)10-13-25-21-14-20(24-8-5-9-26(30)29(24)25)15-28(16-21)17-22-12-11-19-6-3-4-7-23(19)27-22/h3-4,6-7,11-12,18,20-21,24-25H,5,8-10,13-17H2,1-2H3/t20-,21+,24+,25+/m1/s1. The molecule has 160 valence electrons. The van der Waals surface area contributed by atoms with E-state index in [1.54, 1.807) is 0 Å². The molecular weight excluding hydrogens is 370 g/mol. The molecular formula is C26H35N3O. The molecule has 1 aromatic carbocycles. The molecule has 4 heterocycles. The maximum atomic E-state index is 12.9. The Morgan fingerprint density at radius 3 is 2.80 bits per heavy atom. The van der Waals surface area contributed by atoms with Crippen molar-refractivity contribution >= 4 is 16.8 Å². The number of hydrogen-bond acceptors (Lipinski definition) is 3. The van der Waals surface area contributed by atoms with Crippen LogP contribution in [0.1, 0.15) is 58.1 Å². The smallest absolute Gasteiger partial charge is 0.223 e. The van der Waals surface area contributed by atoms with Gasteiger partial charge in [0.05, 0.1) is 11.2 Å². The van der Waals surface area contributed by atoms with Crippen LogP contribution in [-0.2, 0) is 11.3 Å². The lowest BCUT2D eigenvalue weighted by Gasteiger charge is -2.57. The number of rotatable bonds is 5. The number of para-hydroxylation sites is 1. The molecule has 0 saturated carbocycles. The summed E-state index contributed by atoms with van der Waals surface area (Å²) in [6.45, 7) is 7.75. The summed E-state index contributed by atoms with van der Waals surface area (Å²) in [4.78, 5) is 22.8. The van der Waals surface area contributed by atoms with E-state index in [0.29, 0.717) is 35.7 Å². The molecule has 0 radical (unpaired) electrons. The van der Waals surface area contributed by atoms with Gasteiger partial charge in [-0.3, -0.25) is 14.7 Å². The number of fused-ring (bicyclic) bond motifs is 5. The number of hydrogen-bond donors (Lipinski definition) is 0. The van der Waals surface area contributed by atoms with Crippen molar-refractivity contribution in [2.45, 2.75) is 71.0 Å². The molecule has 0 spiro atoms. The first kappa shape index (κ1) is 20.0. The fourth-order valence-corrected chi connectivity index (χ4v) is 6.30.